The van der Waals surface area contributed by atoms with Gasteiger partial charge in [-0.05, 0) is 31.2 Å². The van der Waals surface area contributed by atoms with Gasteiger partial charge in [-0.25, -0.2) is 0 Å². The summed E-state index contributed by atoms with van der Waals surface area (Å²) in [6, 6.07) is 0. The Bertz CT molecular complexity index is 144. The molecular weight excluding hydrogens is 122 g/mol. The van der Waals surface area contributed by atoms with Gasteiger partial charge in [0.25, 0.3) is 0 Å². The molecule has 1 saturated heterocycles. The number of rotatable bonds is 0. The van der Waals surface area contributed by atoms with Crippen LogP contribution in [-0.4, -0.2) is 25.0 Å². The smallest absolute Gasteiger partial charge is 0.00355 e. The van der Waals surface area contributed by atoms with Gasteiger partial charge < -0.3 is 4.90 Å². The second kappa shape index (κ2) is 1.97. The summed E-state index contributed by atoms with van der Waals surface area (Å²) in [5, 5.41) is 0. The molecule has 0 aromatic carbocycles. The van der Waals surface area contributed by atoms with Crippen LogP contribution >= 0.6 is 0 Å². The molecule has 2 fully saturated rings. The fourth-order valence-corrected chi connectivity index (χ4v) is 2.88. The van der Waals surface area contributed by atoms with Gasteiger partial charge in [0.2, 0.25) is 0 Å². The van der Waals surface area contributed by atoms with Crippen LogP contribution in [0.2, 0.25) is 0 Å². The summed E-state index contributed by atoms with van der Waals surface area (Å²) in [5.41, 5.74) is 0.703. The van der Waals surface area contributed by atoms with Crippen molar-refractivity contribution in [2.45, 2.75) is 26.2 Å². The van der Waals surface area contributed by atoms with E-state index in [4.69, 9.17) is 0 Å². The second-order valence-electron chi connectivity index (χ2n) is 4.44. The highest BCUT2D eigenvalue weighted by atomic mass is 15.1. The molecule has 10 heavy (non-hydrogen) atoms. The first kappa shape index (κ1) is 6.66. The quantitative estimate of drug-likeness (QED) is 0.494. The number of likely N-dealkylation sites (tertiary alicyclic amines) is 1. The van der Waals surface area contributed by atoms with Gasteiger partial charge in [0.1, 0.15) is 0 Å². The first-order chi connectivity index (χ1) is 4.71. The number of nitrogens with zero attached hydrogens (tertiary/aromatic N) is 1. The third-order valence-electron chi connectivity index (χ3n) is 3.45. The zero-order valence-electron chi connectivity index (χ0n) is 7.06. The fraction of sp³-hybridized carbons (Fsp3) is 1.00. The normalized spacial score (nSPS) is 48.0. The molecule has 0 aromatic heterocycles. The van der Waals surface area contributed by atoms with E-state index in [0.717, 1.165) is 5.92 Å². The molecule has 1 heteroatoms. The minimum absolute atomic E-state index is 0.703. The van der Waals surface area contributed by atoms with E-state index in [9.17, 15) is 0 Å². The van der Waals surface area contributed by atoms with Gasteiger partial charge in [-0.15, -0.1) is 0 Å². The minimum Gasteiger partial charge on any atom is -0.306 e. The van der Waals surface area contributed by atoms with Crippen LogP contribution in [-0.2, 0) is 0 Å². The van der Waals surface area contributed by atoms with Crippen LogP contribution in [0.4, 0.5) is 0 Å². The first-order valence-corrected chi connectivity index (χ1v) is 4.39. The predicted molar refractivity (Wildman–Crippen MR) is 42.9 cm³/mol. The highest BCUT2D eigenvalue weighted by molar-refractivity contribution is 4.96. The Kier molecular flexibility index (Phi) is 1.31. The summed E-state index contributed by atoms with van der Waals surface area (Å²) in [5.74, 6) is 1.03. The van der Waals surface area contributed by atoms with Crippen molar-refractivity contribution in [3.05, 3.63) is 0 Å². The summed E-state index contributed by atoms with van der Waals surface area (Å²) >= 11 is 0. The molecule has 2 rings (SSSR count). The number of hydrogen-bond acceptors (Lipinski definition) is 1. The van der Waals surface area contributed by atoms with E-state index in [1.807, 2.05) is 0 Å². The average molecular weight is 139 g/mol. The molecule has 0 N–H and O–H groups in total. The Labute approximate surface area is 63.4 Å². The lowest BCUT2D eigenvalue weighted by atomic mass is 9.83. The molecule has 0 unspecified atom stereocenters. The van der Waals surface area contributed by atoms with Crippen LogP contribution in [0, 0.1) is 11.3 Å². The maximum Gasteiger partial charge on any atom is 0.00355 e. The second-order valence-corrected chi connectivity index (χ2v) is 4.44. The third kappa shape index (κ3) is 0.800. The van der Waals surface area contributed by atoms with Gasteiger partial charge in [-0.1, -0.05) is 13.3 Å². The van der Waals surface area contributed by atoms with E-state index in [1.54, 1.807) is 0 Å². The molecule has 1 aliphatic heterocycles. The molecular formula is C9H17N. The van der Waals surface area contributed by atoms with Crippen molar-refractivity contribution in [3.63, 3.8) is 0 Å². The monoisotopic (exact) mass is 139 g/mol. The maximum atomic E-state index is 2.49. The minimum atomic E-state index is 0.703. The maximum absolute atomic E-state index is 2.49. The lowest BCUT2D eigenvalue weighted by molar-refractivity contribution is 0.287. The van der Waals surface area contributed by atoms with E-state index in [1.165, 1.54) is 32.4 Å². The van der Waals surface area contributed by atoms with Gasteiger partial charge in [0.15, 0.2) is 0 Å². The van der Waals surface area contributed by atoms with Crippen molar-refractivity contribution in [3.8, 4) is 0 Å². The molecule has 0 amide bonds. The first-order valence-electron chi connectivity index (χ1n) is 4.39. The summed E-state index contributed by atoms with van der Waals surface area (Å²) in [6.07, 6.45) is 4.44. The Morgan fingerprint density at radius 2 is 2.30 bits per heavy atom. The largest absolute Gasteiger partial charge is 0.306 e. The molecule has 0 bridgehead atoms. The van der Waals surface area contributed by atoms with Crippen LogP contribution in [0.25, 0.3) is 0 Å². The Morgan fingerprint density at radius 3 is 3.00 bits per heavy atom. The molecule has 2 atom stereocenters. The number of fused-ring (bicyclic) bond motifs is 1. The van der Waals surface area contributed by atoms with Crippen molar-refractivity contribution in [1.82, 2.24) is 4.90 Å². The van der Waals surface area contributed by atoms with E-state index in [2.05, 4.69) is 18.9 Å². The lowest BCUT2D eigenvalue weighted by Gasteiger charge is -2.21. The van der Waals surface area contributed by atoms with Gasteiger partial charge in [0, 0.05) is 13.1 Å². The topological polar surface area (TPSA) is 3.24 Å². The molecule has 1 heterocycles. The van der Waals surface area contributed by atoms with Crippen molar-refractivity contribution < 1.29 is 0 Å². The lowest BCUT2D eigenvalue weighted by Crippen LogP contribution is -2.21. The van der Waals surface area contributed by atoms with Gasteiger partial charge in [-0.2, -0.15) is 0 Å². The van der Waals surface area contributed by atoms with Crippen molar-refractivity contribution in [1.29, 1.82) is 0 Å². The molecule has 1 saturated carbocycles. The van der Waals surface area contributed by atoms with Crippen molar-refractivity contribution in [2.24, 2.45) is 11.3 Å². The van der Waals surface area contributed by atoms with Gasteiger partial charge >= 0.3 is 0 Å². The zero-order valence-corrected chi connectivity index (χ0v) is 7.06. The Hall–Kier alpha value is -0.0400. The predicted octanol–water partition coefficient (Wildman–Crippen LogP) is 1.74. The van der Waals surface area contributed by atoms with Crippen LogP contribution in [0.15, 0.2) is 0 Å². The Morgan fingerprint density at radius 1 is 1.50 bits per heavy atom. The molecule has 1 nitrogen and oxygen atoms in total. The molecule has 1 aliphatic carbocycles. The summed E-state index contributed by atoms with van der Waals surface area (Å²) in [4.78, 5) is 2.49. The SMILES string of the molecule is CN1C[C@H]2CCC[C@@]2(C)C1. The van der Waals surface area contributed by atoms with Crippen LogP contribution in [0.5, 0.6) is 0 Å². The van der Waals surface area contributed by atoms with Crippen LogP contribution in [0.1, 0.15) is 26.2 Å². The molecule has 0 aromatic rings. The highest BCUT2D eigenvalue weighted by Gasteiger charge is 2.44. The molecule has 0 radical (unpaired) electrons. The summed E-state index contributed by atoms with van der Waals surface area (Å²) in [7, 11) is 2.25. The molecule has 0 spiro atoms. The average Bonchev–Trinajstić information content (AvgIpc) is 2.20. The van der Waals surface area contributed by atoms with E-state index in [-0.39, 0.29) is 0 Å². The summed E-state index contributed by atoms with van der Waals surface area (Å²) < 4.78 is 0. The van der Waals surface area contributed by atoms with Crippen molar-refractivity contribution >= 4 is 0 Å². The third-order valence-corrected chi connectivity index (χ3v) is 3.45. The number of hydrogen-bond donors (Lipinski definition) is 0. The highest BCUT2D eigenvalue weighted by Crippen LogP contribution is 2.47. The standard InChI is InChI=1S/C9H17N/c1-9-5-3-4-8(9)6-10(2)7-9/h8H,3-7H2,1-2H3/t8-,9+/m1/s1. The van der Waals surface area contributed by atoms with Gasteiger partial charge in [0.05, 0.1) is 0 Å². The van der Waals surface area contributed by atoms with Crippen LogP contribution < -0.4 is 0 Å². The van der Waals surface area contributed by atoms with Crippen LogP contribution in [0.3, 0.4) is 0 Å². The van der Waals surface area contributed by atoms with E-state index in [0.29, 0.717) is 5.41 Å². The summed E-state index contributed by atoms with van der Waals surface area (Å²) in [6.45, 7) is 5.17. The van der Waals surface area contributed by atoms with E-state index < -0.39 is 0 Å². The van der Waals surface area contributed by atoms with Crippen molar-refractivity contribution in [2.75, 3.05) is 20.1 Å². The molecule has 58 valence electrons. The van der Waals surface area contributed by atoms with Gasteiger partial charge in [-0.3, -0.25) is 0 Å². The molecule has 2 aliphatic rings. The Balaban J connectivity index is 2.15. The zero-order chi connectivity index (χ0) is 7.19. The van der Waals surface area contributed by atoms with E-state index >= 15 is 0 Å². The fourth-order valence-electron chi connectivity index (χ4n) is 2.88.